The number of hydrogen-bond acceptors (Lipinski definition) is 4. The minimum Gasteiger partial charge on any atom is -0.491 e. The average Bonchev–Trinajstić information content (AvgIpc) is 2.98. The SMILES string of the molecule is COCCN1CCCCCCN(C(=O)Cc2c(F)cccc2Cl)[C@@H](Cc2ccccc2)COc2ccccc2C1=O. The molecule has 0 saturated heterocycles. The standard InChI is InChI=1S/C33H38ClFN2O4/c1-40-21-20-36-18-9-2-3-10-19-37(32(38)23-28-29(34)15-11-16-30(28)35)26(22-25-12-5-4-6-13-25)24-41-31-17-8-7-14-27(31)33(36)39/h4-8,11-17,26H,2-3,9-10,18-24H2,1H3/t26-/m0/s1. The molecular weight excluding hydrogens is 543 g/mol. The Hall–Kier alpha value is -3.42. The van der Waals surface area contributed by atoms with Crippen molar-refractivity contribution in [2.75, 3.05) is 40.0 Å². The second-order valence-electron chi connectivity index (χ2n) is 10.3. The van der Waals surface area contributed by atoms with Gasteiger partial charge in [0.25, 0.3) is 5.91 Å². The molecule has 0 unspecified atom stereocenters. The molecule has 3 aromatic rings. The number of carbonyl (C=O) groups excluding carboxylic acids is 2. The van der Waals surface area contributed by atoms with Gasteiger partial charge in [-0.15, -0.1) is 0 Å². The first-order valence-corrected chi connectivity index (χ1v) is 14.6. The number of para-hydroxylation sites is 1. The first kappa shape index (κ1) is 30.5. The molecule has 1 aliphatic heterocycles. The molecule has 1 aliphatic rings. The van der Waals surface area contributed by atoms with Crippen LogP contribution in [-0.4, -0.2) is 67.6 Å². The number of nitrogens with zero attached hydrogens (tertiary/aromatic N) is 2. The van der Waals surface area contributed by atoms with E-state index in [0.717, 1.165) is 31.2 Å². The second kappa shape index (κ2) is 15.5. The first-order chi connectivity index (χ1) is 20.0. The summed E-state index contributed by atoms with van der Waals surface area (Å²) in [5, 5.41) is 0.238. The summed E-state index contributed by atoms with van der Waals surface area (Å²) >= 11 is 6.29. The van der Waals surface area contributed by atoms with E-state index in [0.29, 0.717) is 44.0 Å². The van der Waals surface area contributed by atoms with Crippen LogP contribution < -0.4 is 4.74 Å². The van der Waals surface area contributed by atoms with Crippen molar-refractivity contribution >= 4 is 23.4 Å². The maximum Gasteiger partial charge on any atom is 0.257 e. The summed E-state index contributed by atoms with van der Waals surface area (Å²) in [7, 11) is 1.63. The maximum absolute atomic E-state index is 14.7. The molecule has 0 N–H and O–H groups in total. The van der Waals surface area contributed by atoms with E-state index < -0.39 is 5.82 Å². The molecule has 2 amide bonds. The van der Waals surface area contributed by atoms with E-state index in [2.05, 4.69) is 0 Å². The van der Waals surface area contributed by atoms with Crippen molar-refractivity contribution in [1.29, 1.82) is 0 Å². The minimum absolute atomic E-state index is 0.101. The van der Waals surface area contributed by atoms with E-state index in [1.54, 1.807) is 25.3 Å². The molecule has 4 rings (SSSR count). The van der Waals surface area contributed by atoms with E-state index in [-0.39, 0.29) is 41.5 Å². The molecule has 6 nitrogen and oxygen atoms in total. The fourth-order valence-electron chi connectivity index (χ4n) is 5.19. The third-order valence-corrected chi connectivity index (χ3v) is 7.80. The fraction of sp³-hybridized carbons (Fsp3) is 0.394. The van der Waals surface area contributed by atoms with Crippen molar-refractivity contribution in [3.8, 4) is 5.75 Å². The molecule has 1 heterocycles. The molecule has 3 aromatic carbocycles. The lowest BCUT2D eigenvalue weighted by molar-refractivity contribution is -0.133. The van der Waals surface area contributed by atoms with E-state index >= 15 is 0 Å². The lowest BCUT2D eigenvalue weighted by Crippen LogP contribution is -2.46. The summed E-state index contributed by atoms with van der Waals surface area (Å²) in [5.74, 6) is -0.325. The molecular formula is C33H38ClFN2O4. The molecule has 0 aromatic heterocycles. The highest BCUT2D eigenvalue weighted by Gasteiger charge is 2.28. The van der Waals surface area contributed by atoms with Gasteiger partial charge < -0.3 is 19.3 Å². The van der Waals surface area contributed by atoms with Crippen LogP contribution in [0.5, 0.6) is 5.75 Å². The Kier molecular flexibility index (Phi) is 11.6. The fourth-order valence-corrected chi connectivity index (χ4v) is 5.42. The summed E-state index contributed by atoms with van der Waals surface area (Å²) in [6, 6.07) is 21.3. The summed E-state index contributed by atoms with van der Waals surface area (Å²) in [4.78, 5) is 31.1. The van der Waals surface area contributed by atoms with Gasteiger partial charge in [0.05, 0.1) is 24.6 Å². The predicted molar refractivity (Wildman–Crippen MR) is 159 cm³/mol. The van der Waals surface area contributed by atoms with Crippen molar-refractivity contribution in [1.82, 2.24) is 9.80 Å². The van der Waals surface area contributed by atoms with E-state index in [4.69, 9.17) is 21.1 Å². The molecule has 0 fully saturated rings. The monoisotopic (exact) mass is 580 g/mol. The quantitative estimate of drug-likeness (QED) is 0.334. The van der Waals surface area contributed by atoms with Gasteiger partial charge in [-0.3, -0.25) is 9.59 Å². The number of ether oxygens (including phenoxy) is 2. The van der Waals surface area contributed by atoms with E-state index in [1.807, 2.05) is 52.3 Å². The second-order valence-corrected chi connectivity index (χ2v) is 10.7. The summed E-state index contributed by atoms with van der Waals surface area (Å²) < 4.78 is 26.3. The number of methoxy groups -OCH3 is 1. The third-order valence-electron chi connectivity index (χ3n) is 7.44. The Morgan fingerprint density at radius 3 is 2.46 bits per heavy atom. The lowest BCUT2D eigenvalue weighted by atomic mass is 10.0. The normalized spacial score (nSPS) is 17.0. The van der Waals surface area contributed by atoms with Crippen LogP contribution in [0.2, 0.25) is 5.02 Å². The van der Waals surface area contributed by atoms with Gasteiger partial charge in [-0.25, -0.2) is 4.39 Å². The van der Waals surface area contributed by atoms with Crippen LogP contribution in [-0.2, 0) is 22.4 Å². The van der Waals surface area contributed by atoms with Crippen LogP contribution in [0.15, 0.2) is 72.8 Å². The zero-order valence-electron chi connectivity index (χ0n) is 23.6. The van der Waals surface area contributed by atoms with Crippen LogP contribution in [0.1, 0.15) is 47.2 Å². The highest BCUT2D eigenvalue weighted by molar-refractivity contribution is 6.31. The Labute approximate surface area is 247 Å². The van der Waals surface area contributed by atoms with Crippen LogP contribution in [0.3, 0.4) is 0 Å². The molecule has 0 saturated carbocycles. The smallest absolute Gasteiger partial charge is 0.257 e. The topological polar surface area (TPSA) is 59.1 Å². The van der Waals surface area contributed by atoms with Gasteiger partial charge in [-0.05, 0) is 49.1 Å². The largest absolute Gasteiger partial charge is 0.491 e. The molecule has 0 bridgehead atoms. The highest BCUT2D eigenvalue weighted by atomic mass is 35.5. The van der Waals surface area contributed by atoms with Gasteiger partial charge in [0.2, 0.25) is 5.91 Å². The minimum atomic E-state index is -0.491. The Balaban J connectivity index is 1.66. The van der Waals surface area contributed by atoms with Crippen LogP contribution in [0.4, 0.5) is 4.39 Å². The molecule has 41 heavy (non-hydrogen) atoms. The molecule has 0 radical (unpaired) electrons. The number of halogens is 2. The molecule has 218 valence electrons. The molecule has 1 atom stereocenters. The van der Waals surface area contributed by atoms with Crippen molar-refractivity contribution in [2.45, 2.75) is 44.6 Å². The number of benzene rings is 3. The first-order valence-electron chi connectivity index (χ1n) is 14.2. The van der Waals surface area contributed by atoms with Crippen molar-refractivity contribution in [2.24, 2.45) is 0 Å². The van der Waals surface area contributed by atoms with Crippen LogP contribution >= 0.6 is 11.6 Å². The number of rotatable bonds is 7. The van der Waals surface area contributed by atoms with Crippen LogP contribution in [0, 0.1) is 5.82 Å². The van der Waals surface area contributed by atoms with Crippen molar-refractivity contribution in [3.05, 3.63) is 100 Å². The Morgan fingerprint density at radius 1 is 0.976 bits per heavy atom. The Morgan fingerprint density at radius 2 is 1.71 bits per heavy atom. The summed E-state index contributed by atoms with van der Waals surface area (Å²) in [6.45, 7) is 2.26. The highest BCUT2D eigenvalue weighted by Crippen LogP contribution is 2.25. The van der Waals surface area contributed by atoms with Gasteiger partial charge in [0, 0.05) is 37.3 Å². The van der Waals surface area contributed by atoms with Crippen molar-refractivity contribution in [3.63, 3.8) is 0 Å². The number of hydrogen-bond donors (Lipinski definition) is 0. The number of fused-ring (bicyclic) bond motifs is 1. The van der Waals surface area contributed by atoms with Gasteiger partial charge in [-0.1, -0.05) is 73.0 Å². The van der Waals surface area contributed by atoms with Crippen molar-refractivity contribution < 1.29 is 23.5 Å². The predicted octanol–water partition coefficient (Wildman–Crippen LogP) is 6.20. The number of carbonyl (C=O) groups is 2. The summed E-state index contributed by atoms with van der Waals surface area (Å²) in [5.41, 5.74) is 1.74. The van der Waals surface area contributed by atoms with Crippen LogP contribution in [0.25, 0.3) is 0 Å². The molecule has 0 spiro atoms. The Bertz CT molecular complexity index is 1270. The zero-order chi connectivity index (χ0) is 29.0. The average molecular weight is 581 g/mol. The maximum atomic E-state index is 14.7. The summed E-state index contributed by atoms with van der Waals surface area (Å²) in [6.07, 6.45) is 3.84. The van der Waals surface area contributed by atoms with Gasteiger partial charge in [0.1, 0.15) is 18.2 Å². The number of amides is 2. The molecule has 0 aliphatic carbocycles. The lowest BCUT2D eigenvalue weighted by Gasteiger charge is -2.33. The van der Waals surface area contributed by atoms with Gasteiger partial charge in [-0.2, -0.15) is 0 Å². The molecule has 8 heteroatoms. The van der Waals surface area contributed by atoms with E-state index in [9.17, 15) is 14.0 Å². The van der Waals surface area contributed by atoms with Gasteiger partial charge >= 0.3 is 0 Å². The third kappa shape index (κ3) is 8.54. The zero-order valence-corrected chi connectivity index (χ0v) is 24.3. The van der Waals surface area contributed by atoms with Gasteiger partial charge in [0.15, 0.2) is 0 Å². The van der Waals surface area contributed by atoms with E-state index in [1.165, 1.54) is 12.1 Å².